The van der Waals surface area contributed by atoms with Crippen LogP contribution in [-0.2, 0) is 17.4 Å². The van der Waals surface area contributed by atoms with Crippen LogP contribution in [0.25, 0.3) is 0 Å². The van der Waals surface area contributed by atoms with Crippen molar-refractivity contribution in [3.8, 4) is 0 Å². The predicted octanol–water partition coefficient (Wildman–Crippen LogP) is 4.79. The van der Waals surface area contributed by atoms with Crippen LogP contribution < -0.4 is 10.2 Å². The van der Waals surface area contributed by atoms with Crippen molar-refractivity contribution in [3.05, 3.63) is 59.2 Å². The Morgan fingerprint density at radius 3 is 2.40 bits per heavy atom. The van der Waals surface area contributed by atoms with Crippen molar-refractivity contribution in [1.82, 2.24) is 0 Å². The molecule has 0 saturated heterocycles. The average molecular weight is 348 g/mol. The van der Waals surface area contributed by atoms with Gasteiger partial charge in [-0.25, -0.2) is 0 Å². The smallest absolute Gasteiger partial charge is 0.379 e. The summed E-state index contributed by atoms with van der Waals surface area (Å²) in [7, 11) is 1.76. The summed E-state index contributed by atoms with van der Waals surface area (Å²) < 4.78 is 37.9. The number of alkyl halides is 3. The molecule has 2 aromatic carbocycles. The van der Waals surface area contributed by atoms with Gasteiger partial charge in [-0.2, -0.15) is 13.2 Å². The average Bonchev–Trinajstić information content (AvgIpc) is 2.57. The number of anilines is 2. The van der Waals surface area contributed by atoms with Crippen molar-refractivity contribution in [2.45, 2.75) is 32.0 Å². The van der Waals surface area contributed by atoms with E-state index in [-0.39, 0.29) is 11.9 Å². The molecule has 0 spiro atoms. The summed E-state index contributed by atoms with van der Waals surface area (Å²) in [4.78, 5) is 13.4. The predicted molar refractivity (Wildman–Crippen MR) is 91.7 cm³/mol. The fraction of sp³-hybridized carbons (Fsp3) is 0.316. The molecule has 1 unspecified atom stereocenters. The van der Waals surface area contributed by atoms with Crippen LogP contribution >= 0.6 is 0 Å². The van der Waals surface area contributed by atoms with Crippen LogP contribution in [0, 0.1) is 0 Å². The quantitative estimate of drug-likeness (QED) is 0.865. The molecule has 1 aliphatic rings. The number of hydrogen-bond donors (Lipinski definition) is 1. The van der Waals surface area contributed by atoms with E-state index in [1.54, 1.807) is 11.9 Å². The molecule has 3 nitrogen and oxygen atoms in total. The third-order valence-electron chi connectivity index (χ3n) is 4.54. The first kappa shape index (κ1) is 17.3. The molecule has 1 aliphatic heterocycles. The standard InChI is InChI=1S/C19H19F3N2O/c1-12(13-3-6-15(7-4-13)19(20,21)22)23-16-8-9-17-14(11-16)5-10-18(25)24(17)2/h3-4,6-9,11-12,23H,5,10H2,1-2H3. The molecule has 1 N–H and O–H groups in total. The molecule has 0 aromatic heterocycles. The molecule has 0 aliphatic carbocycles. The van der Waals surface area contributed by atoms with Crippen molar-refractivity contribution in [1.29, 1.82) is 0 Å². The van der Waals surface area contributed by atoms with Gasteiger partial charge >= 0.3 is 6.18 Å². The number of nitrogens with one attached hydrogen (secondary N) is 1. The van der Waals surface area contributed by atoms with E-state index in [0.29, 0.717) is 12.8 Å². The number of fused-ring (bicyclic) bond motifs is 1. The van der Waals surface area contributed by atoms with Gasteiger partial charge in [-0.3, -0.25) is 4.79 Å². The summed E-state index contributed by atoms with van der Waals surface area (Å²) in [6.07, 6.45) is -3.14. The second-order valence-electron chi connectivity index (χ2n) is 6.28. The van der Waals surface area contributed by atoms with Crippen molar-refractivity contribution in [2.24, 2.45) is 0 Å². The Morgan fingerprint density at radius 1 is 1.08 bits per heavy atom. The molecule has 0 saturated carbocycles. The van der Waals surface area contributed by atoms with Crippen molar-refractivity contribution in [3.63, 3.8) is 0 Å². The maximum Gasteiger partial charge on any atom is 0.416 e. The molecular weight excluding hydrogens is 329 g/mol. The van der Waals surface area contributed by atoms with Crippen LogP contribution in [0.5, 0.6) is 0 Å². The lowest BCUT2D eigenvalue weighted by Crippen LogP contribution is -2.31. The zero-order chi connectivity index (χ0) is 18.2. The van der Waals surface area contributed by atoms with Gasteiger partial charge in [0.25, 0.3) is 0 Å². The maximum absolute atomic E-state index is 12.6. The highest BCUT2D eigenvalue weighted by Crippen LogP contribution is 2.32. The monoisotopic (exact) mass is 348 g/mol. The summed E-state index contributed by atoms with van der Waals surface area (Å²) in [5.74, 6) is 0.103. The zero-order valence-electron chi connectivity index (χ0n) is 14.0. The van der Waals surface area contributed by atoms with Gasteiger partial charge < -0.3 is 10.2 Å². The number of amides is 1. The zero-order valence-corrected chi connectivity index (χ0v) is 14.0. The highest BCUT2D eigenvalue weighted by atomic mass is 19.4. The van der Waals surface area contributed by atoms with Crippen LogP contribution in [0.1, 0.15) is 36.1 Å². The lowest BCUT2D eigenvalue weighted by molar-refractivity contribution is -0.137. The van der Waals surface area contributed by atoms with Gasteiger partial charge in [-0.15, -0.1) is 0 Å². The summed E-state index contributed by atoms with van der Waals surface area (Å²) in [6, 6.07) is 10.8. The molecule has 25 heavy (non-hydrogen) atoms. The SMILES string of the molecule is CC(Nc1ccc2c(c1)CCC(=O)N2C)c1ccc(C(F)(F)F)cc1. The molecule has 1 atom stereocenters. The summed E-state index contributed by atoms with van der Waals surface area (Å²) >= 11 is 0. The van der Waals surface area contributed by atoms with Gasteiger partial charge in [0.1, 0.15) is 0 Å². The molecule has 0 bridgehead atoms. The van der Waals surface area contributed by atoms with E-state index in [1.807, 2.05) is 25.1 Å². The molecule has 0 fully saturated rings. The third-order valence-corrected chi connectivity index (χ3v) is 4.54. The first-order valence-corrected chi connectivity index (χ1v) is 8.09. The number of nitrogens with zero attached hydrogens (tertiary/aromatic N) is 1. The van der Waals surface area contributed by atoms with Crippen molar-refractivity contribution >= 4 is 17.3 Å². The van der Waals surface area contributed by atoms with Crippen molar-refractivity contribution < 1.29 is 18.0 Å². The number of benzene rings is 2. The Morgan fingerprint density at radius 2 is 1.76 bits per heavy atom. The normalized spacial score (nSPS) is 15.7. The molecule has 2 aromatic rings. The maximum atomic E-state index is 12.6. The van der Waals surface area contributed by atoms with Crippen LogP contribution in [0.4, 0.5) is 24.5 Å². The van der Waals surface area contributed by atoms with Crippen molar-refractivity contribution in [2.75, 3.05) is 17.3 Å². The van der Waals surface area contributed by atoms with E-state index in [0.717, 1.165) is 34.6 Å². The Bertz CT molecular complexity index is 784. The highest BCUT2D eigenvalue weighted by molar-refractivity contribution is 5.96. The van der Waals surface area contributed by atoms with Gasteiger partial charge in [0.05, 0.1) is 5.56 Å². The van der Waals surface area contributed by atoms with Gasteiger partial charge in [0, 0.05) is 30.9 Å². The lowest BCUT2D eigenvalue weighted by atomic mass is 10.0. The fourth-order valence-corrected chi connectivity index (χ4v) is 3.04. The minimum atomic E-state index is -4.32. The number of aryl methyl sites for hydroxylation is 1. The van der Waals surface area contributed by atoms with Crippen LogP contribution in [-0.4, -0.2) is 13.0 Å². The number of carbonyl (C=O) groups is 1. The second kappa shape index (κ2) is 6.43. The molecular formula is C19H19F3N2O. The topological polar surface area (TPSA) is 32.3 Å². The van der Waals surface area contributed by atoms with Gasteiger partial charge in [-0.1, -0.05) is 12.1 Å². The number of rotatable bonds is 3. The van der Waals surface area contributed by atoms with Gasteiger partial charge in [-0.05, 0) is 54.8 Å². The molecule has 1 heterocycles. The number of carbonyl (C=O) groups excluding carboxylic acids is 1. The number of halogens is 3. The van der Waals surface area contributed by atoms with Crippen LogP contribution in [0.15, 0.2) is 42.5 Å². The van der Waals surface area contributed by atoms with Gasteiger partial charge in [0.15, 0.2) is 0 Å². The Balaban J connectivity index is 1.75. The first-order valence-electron chi connectivity index (χ1n) is 8.09. The largest absolute Gasteiger partial charge is 0.416 e. The van der Waals surface area contributed by atoms with Gasteiger partial charge in [0.2, 0.25) is 5.91 Å². The van der Waals surface area contributed by atoms with E-state index in [9.17, 15) is 18.0 Å². The minimum absolute atomic E-state index is 0.103. The third kappa shape index (κ3) is 3.62. The highest BCUT2D eigenvalue weighted by Gasteiger charge is 2.30. The first-order chi connectivity index (χ1) is 11.8. The molecule has 1 amide bonds. The van der Waals surface area contributed by atoms with E-state index >= 15 is 0 Å². The van der Waals surface area contributed by atoms with E-state index in [1.165, 1.54) is 12.1 Å². The minimum Gasteiger partial charge on any atom is -0.379 e. The number of hydrogen-bond acceptors (Lipinski definition) is 2. The molecule has 3 rings (SSSR count). The van der Waals surface area contributed by atoms with Crippen LogP contribution in [0.2, 0.25) is 0 Å². The molecule has 6 heteroatoms. The fourth-order valence-electron chi connectivity index (χ4n) is 3.04. The Hall–Kier alpha value is -2.50. The Labute approximate surface area is 144 Å². The van der Waals surface area contributed by atoms with E-state index in [2.05, 4.69) is 5.32 Å². The molecule has 0 radical (unpaired) electrons. The molecule has 132 valence electrons. The second-order valence-corrected chi connectivity index (χ2v) is 6.28. The van der Waals surface area contributed by atoms with E-state index in [4.69, 9.17) is 0 Å². The van der Waals surface area contributed by atoms with Crippen LogP contribution in [0.3, 0.4) is 0 Å². The lowest BCUT2D eigenvalue weighted by Gasteiger charge is -2.26. The summed E-state index contributed by atoms with van der Waals surface area (Å²) in [5.41, 5.74) is 3.01. The van der Waals surface area contributed by atoms with E-state index < -0.39 is 11.7 Å². The summed E-state index contributed by atoms with van der Waals surface area (Å²) in [6.45, 7) is 1.90. The Kier molecular flexibility index (Phi) is 4.45. The summed E-state index contributed by atoms with van der Waals surface area (Å²) in [5, 5.41) is 3.31.